The number of thiazole rings is 1. The van der Waals surface area contributed by atoms with Crippen LogP contribution >= 0.6 is 11.3 Å². The predicted molar refractivity (Wildman–Crippen MR) is 65.5 cm³/mol. The zero-order valence-corrected chi connectivity index (χ0v) is 10.9. The zero-order valence-electron chi connectivity index (χ0n) is 10.1. The van der Waals surface area contributed by atoms with E-state index in [2.05, 4.69) is 23.7 Å². The monoisotopic (exact) mass is 244 g/mol. The summed E-state index contributed by atoms with van der Waals surface area (Å²) >= 11 is 1.63. The molecule has 0 aliphatic rings. The highest BCUT2D eigenvalue weighted by atomic mass is 32.1. The van der Waals surface area contributed by atoms with Crippen molar-refractivity contribution < 1.29 is 10.2 Å². The lowest BCUT2D eigenvalue weighted by Gasteiger charge is -2.27. The fourth-order valence-corrected chi connectivity index (χ4v) is 2.23. The summed E-state index contributed by atoms with van der Waals surface area (Å²) in [7, 11) is 0. The maximum absolute atomic E-state index is 9.45. The minimum atomic E-state index is -0.677. The number of aryl methyl sites for hydroxylation is 1. The lowest BCUT2D eigenvalue weighted by Crippen LogP contribution is -2.38. The van der Waals surface area contributed by atoms with Gasteiger partial charge in [-0.3, -0.25) is 4.90 Å². The average molecular weight is 244 g/mol. The molecule has 1 heterocycles. The number of hydrogen-bond donors (Lipinski definition) is 2. The van der Waals surface area contributed by atoms with Crippen LogP contribution in [0.5, 0.6) is 0 Å². The molecule has 0 amide bonds. The van der Waals surface area contributed by atoms with Crippen LogP contribution in [0.25, 0.3) is 0 Å². The first-order valence-corrected chi connectivity index (χ1v) is 6.35. The normalized spacial score (nSPS) is 13.7. The Labute approximate surface area is 101 Å². The second-order valence-corrected chi connectivity index (χ2v) is 5.18. The molecule has 0 radical (unpaired) electrons. The van der Waals surface area contributed by atoms with Gasteiger partial charge in [-0.25, -0.2) is 4.98 Å². The van der Waals surface area contributed by atoms with Gasteiger partial charge in [0.2, 0.25) is 0 Å². The first kappa shape index (κ1) is 13.6. The Morgan fingerprint density at radius 3 is 2.62 bits per heavy atom. The molecule has 0 bridgehead atoms. The van der Waals surface area contributed by atoms with Crippen LogP contribution in [-0.4, -0.2) is 45.4 Å². The molecule has 1 atom stereocenters. The van der Waals surface area contributed by atoms with Gasteiger partial charge in [0, 0.05) is 23.7 Å². The van der Waals surface area contributed by atoms with E-state index in [1.807, 2.05) is 12.3 Å². The second kappa shape index (κ2) is 6.30. The van der Waals surface area contributed by atoms with E-state index >= 15 is 0 Å². The third kappa shape index (κ3) is 4.17. The Morgan fingerprint density at radius 2 is 2.19 bits per heavy atom. The molecule has 2 N–H and O–H groups in total. The smallest absolute Gasteiger partial charge is 0.107 e. The SMILES string of the molecule is Cc1csc(CN(C[C@@H](O)CO)C(C)C)n1. The quantitative estimate of drug-likeness (QED) is 0.784. The zero-order chi connectivity index (χ0) is 12.1. The second-order valence-electron chi connectivity index (χ2n) is 4.24. The fraction of sp³-hybridized carbons (Fsp3) is 0.727. The van der Waals surface area contributed by atoms with Crippen molar-refractivity contribution in [2.24, 2.45) is 0 Å². The first-order valence-electron chi connectivity index (χ1n) is 5.47. The van der Waals surface area contributed by atoms with E-state index in [-0.39, 0.29) is 6.61 Å². The number of aliphatic hydroxyl groups excluding tert-OH is 2. The standard InChI is InChI=1S/C11H20N2O2S/c1-8(2)13(4-10(15)6-14)5-11-12-9(3)7-16-11/h7-8,10,14-15H,4-6H2,1-3H3/t10-/m1/s1. The number of aliphatic hydroxyl groups is 2. The van der Waals surface area contributed by atoms with E-state index in [4.69, 9.17) is 5.11 Å². The van der Waals surface area contributed by atoms with Gasteiger partial charge in [0.05, 0.1) is 19.3 Å². The van der Waals surface area contributed by atoms with Crippen LogP contribution < -0.4 is 0 Å². The summed E-state index contributed by atoms with van der Waals surface area (Å²) in [5.41, 5.74) is 1.03. The summed E-state index contributed by atoms with van der Waals surface area (Å²) in [5.74, 6) is 0. The first-order chi connectivity index (χ1) is 7.52. The molecule has 0 aliphatic carbocycles. The molecule has 0 aliphatic heterocycles. The molecule has 4 nitrogen and oxygen atoms in total. The van der Waals surface area contributed by atoms with E-state index < -0.39 is 6.10 Å². The van der Waals surface area contributed by atoms with Crippen molar-refractivity contribution in [2.45, 2.75) is 39.5 Å². The van der Waals surface area contributed by atoms with Crippen LogP contribution in [0.4, 0.5) is 0 Å². The van der Waals surface area contributed by atoms with Crippen molar-refractivity contribution in [1.29, 1.82) is 0 Å². The molecule has 5 heteroatoms. The number of aromatic nitrogens is 1. The highest BCUT2D eigenvalue weighted by Gasteiger charge is 2.15. The Hall–Kier alpha value is -0.490. The Morgan fingerprint density at radius 1 is 1.50 bits per heavy atom. The highest BCUT2D eigenvalue weighted by Crippen LogP contribution is 2.13. The number of hydrogen-bond acceptors (Lipinski definition) is 5. The molecule has 0 saturated heterocycles. The van der Waals surface area contributed by atoms with Crippen LogP contribution in [0.3, 0.4) is 0 Å². The van der Waals surface area contributed by atoms with Crippen LogP contribution in [-0.2, 0) is 6.54 Å². The number of rotatable bonds is 6. The largest absolute Gasteiger partial charge is 0.394 e. The molecule has 16 heavy (non-hydrogen) atoms. The van der Waals surface area contributed by atoms with Gasteiger partial charge in [-0.2, -0.15) is 0 Å². The summed E-state index contributed by atoms with van der Waals surface area (Å²) in [6.45, 7) is 7.14. The number of nitrogens with zero attached hydrogens (tertiary/aromatic N) is 2. The molecule has 1 aromatic rings. The van der Waals surface area contributed by atoms with Gasteiger partial charge in [-0.05, 0) is 20.8 Å². The summed E-state index contributed by atoms with van der Waals surface area (Å²) in [4.78, 5) is 6.51. The highest BCUT2D eigenvalue weighted by molar-refractivity contribution is 7.09. The lowest BCUT2D eigenvalue weighted by molar-refractivity contribution is 0.0464. The van der Waals surface area contributed by atoms with Gasteiger partial charge in [0.25, 0.3) is 0 Å². The maximum atomic E-state index is 9.45. The third-order valence-corrected chi connectivity index (χ3v) is 3.34. The van der Waals surface area contributed by atoms with E-state index in [0.717, 1.165) is 17.2 Å². The minimum absolute atomic E-state index is 0.194. The molecule has 0 fully saturated rings. The van der Waals surface area contributed by atoms with Gasteiger partial charge in [-0.15, -0.1) is 11.3 Å². The van der Waals surface area contributed by atoms with Crippen LogP contribution in [0.2, 0.25) is 0 Å². The van der Waals surface area contributed by atoms with Gasteiger partial charge in [0.1, 0.15) is 5.01 Å². The Kier molecular flexibility index (Phi) is 5.34. The minimum Gasteiger partial charge on any atom is -0.394 e. The maximum Gasteiger partial charge on any atom is 0.107 e. The van der Waals surface area contributed by atoms with Gasteiger partial charge in [-0.1, -0.05) is 0 Å². The molecule has 0 unspecified atom stereocenters. The van der Waals surface area contributed by atoms with Crippen molar-refractivity contribution in [3.05, 3.63) is 16.1 Å². The Bertz CT molecular complexity index is 315. The van der Waals surface area contributed by atoms with Gasteiger partial charge >= 0.3 is 0 Å². The van der Waals surface area contributed by atoms with Crippen LogP contribution in [0, 0.1) is 6.92 Å². The van der Waals surface area contributed by atoms with E-state index in [1.165, 1.54) is 0 Å². The molecule has 1 aromatic heterocycles. The van der Waals surface area contributed by atoms with Crippen LogP contribution in [0.15, 0.2) is 5.38 Å². The van der Waals surface area contributed by atoms with Crippen molar-refractivity contribution in [2.75, 3.05) is 13.2 Å². The summed E-state index contributed by atoms with van der Waals surface area (Å²) in [5, 5.41) is 21.4. The predicted octanol–water partition coefficient (Wildman–Crippen LogP) is 1.02. The molecule has 0 saturated carbocycles. The molecule has 0 aromatic carbocycles. The van der Waals surface area contributed by atoms with Crippen molar-refractivity contribution in [3.63, 3.8) is 0 Å². The van der Waals surface area contributed by atoms with Gasteiger partial charge < -0.3 is 10.2 Å². The average Bonchev–Trinajstić information content (AvgIpc) is 2.62. The van der Waals surface area contributed by atoms with E-state index in [0.29, 0.717) is 12.6 Å². The topological polar surface area (TPSA) is 56.6 Å². The Balaban J connectivity index is 2.57. The van der Waals surface area contributed by atoms with Crippen molar-refractivity contribution in [3.8, 4) is 0 Å². The molecular formula is C11H20N2O2S. The summed E-state index contributed by atoms with van der Waals surface area (Å²) < 4.78 is 0. The molecule has 92 valence electrons. The third-order valence-electron chi connectivity index (χ3n) is 2.39. The van der Waals surface area contributed by atoms with Crippen LogP contribution in [0.1, 0.15) is 24.5 Å². The molecule has 1 rings (SSSR count). The molecular weight excluding hydrogens is 224 g/mol. The fourth-order valence-electron chi connectivity index (χ4n) is 1.44. The summed E-state index contributed by atoms with van der Waals surface area (Å²) in [6.07, 6.45) is -0.677. The van der Waals surface area contributed by atoms with Gasteiger partial charge in [0.15, 0.2) is 0 Å². The summed E-state index contributed by atoms with van der Waals surface area (Å²) in [6, 6.07) is 0.324. The van der Waals surface area contributed by atoms with Crippen molar-refractivity contribution >= 4 is 11.3 Å². The molecule has 0 spiro atoms. The van der Waals surface area contributed by atoms with E-state index in [9.17, 15) is 5.11 Å². The van der Waals surface area contributed by atoms with Crippen molar-refractivity contribution in [1.82, 2.24) is 9.88 Å². The lowest BCUT2D eigenvalue weighted by atomic mass is 10.2. The van der Waals surface area contributed by atoms with E-state index in [1.54, 1.807) is 11.3 Å².